The van der Waals surface area contributed by atoms with Gasteiger partial charge in [-0.2, -0.15) is 0 Å². The predicted octanol–water partition coefficient (Wildman–Crippen LogP) is 4.34. The Morgan fingerprint density at radius 1 is 1.14 bits per heavy atom. The third-order valence-corrected chi connectivity index (χ3v) is 7.81. The van der Waals surface area contributed by atoms with Crippen LogP contribution >= 0.6 is 11.3 Å². The van der Waals surface area contributed by atoms with Gasteiger partial charge < -0.3 is 10.1 Å². The van der Waals surface area contributed by atoms with Crippen LogP contribution in [0.25, 0.3) is 0 Å². The van der Waals surface area contributed by atoms with E-state index in [2.05, 4.69) is 5.32 Å². The van der Waals surface area contributed by atoms with Crippen LogP contribution in [0.5, 0.6) is 5.75 Å². The highest BCUT2D eigenvalue weighted by Crippen LogP contribution is 2.46. The van der Waals surface area contributed by atoms with Gasteiger partial charge in [0.05, 0.1) is 17.7 Å². The third kappa shape index (κ3) is 3.30. The summed E-state index contributed by atoms with van der Waals surface area (Å²) in [6.07, 6.45) is -0.101. The Bertz CT molecular complexity index is 1200. The summed E-state index contributed by atoms with van der Waals surface area (Å²) < 4.78 is 59.3. The Kier molecular flexibility index (Phi) is 4.87. The third-order valence-electron chi connectivity index (χ3n) is 4.77. The number of hydrogen-bond donors (Lipinski definition) is 1. The molecule has 0 spiro atoms. The molecule has 0 fully saturated rings. The van der Waals surface area contributed by atoms with Crippen LogP contribution in [0, 0.1) is 11.6 Å². The first-order valence-electron chi connectivity index (χ1n) is 8.57. The molecule has 1 N–H and O–H groups in total. The standard InChI is InChI=1S/C20H15F2NO4S2/c1-27-11-5-7-12(8-6-11)29(25,26)16-10-28-20-14(9-17(24)23-19(16)20)13-3-2-4-15(21)18(13)22/h2-8,10,14H,9H2,1H3,(H,23,24). The van der Waals surface area contributed by atoms with Crippen molar-refractivity contribution >= 4 is 32.8 Å². The first-order chi connectivity index (χ1) is 13.8. The second-order valence-electron chi connectivity index (χ2n) is 6.47. The van der Waals surface area contributed by atoms with Crippen molar-refractivity contribution in [2.45, 2.75) is 22.1 Å². The summed E-state index contributed by atoms with van der Waals surface area (Å²) in [6.45, 7) is 0. The maximum Gasteiger partial charge on any atom is 0.225 e. The minimum atomic E-state index is -3.94. The molecule has 0 aliphatic carbocycles. The molecule has 0 radical (unpaired) electrons. The molecule has 1 amide bonds. The van der Waals surface area contributed by atoms with E-state index in [4.69, 9.17) is 4.74 Å². The predicted molar refractivity (Wildman–Crippen MR) is 104 cm³/mol. The van der Waals surface area contributed by atoms with Crippen molar-refractivity contribution < 1.29 is 26.7 Å². The van der Waals surface area contributed by atoms with E-state index < -0.39 is 33.3 Å². The number of hydrogen-bond acceptors (Lipinski definition) is 5. The lowest BCUT2D eigenvalue weighted by Gasteiger charge is -2.24. The van der Waals surface area contributed by atoms with Gasteiger partial charge >= 0.3 is 0 Å². The van der Waals surface area contributed by atoms with Gasteiger partial charge in [-0.15, -0.1) is 11.3 Å². The number of benzene rings is 2. The van der Waals surface area contributed by atoms with E-state index in [1.54, 1.807) is 0 Å². The molecule has 0 bridgehead atoms. The number of sulfone groups is 1. The second kappa shape index (κ2) is 7.23. The first kappa shape index (κ1) is 19.5. The van der Waals surface area contributed by atoms with E-state index in [-0.39, 0.29) is 27.5 Å². The molecule has 1 aliphatic rings. The van der Waals surface area contributed by atoms with E-state index in [1.165, 1.54) is 48.9 Å². The molecule has 9 heteroatoms. The van der Waals surface area contributed by atoms with Gasteiger partial charge in [0, 0.05) is 22.6 Å². The van der Waals surface area contributed by atoms with Crippen LogP contribution in [-0.4, -0.2) is 21.4 Å². The zero-order chi connectivity index (χ0) is 20.8. The van der Waals surface area contributed by atoms with Crippen molar-refractivity contribution in [3.63, 3.8) is 0 Å². The number of methoxy groups -OCH3 is 1. The van der Waals surface area contributed by atoms with Crippen LogP contribution in [-0.2, 0) is 14.6 Å². The van der Waals surface area contributed by atoms with Crippen LogP contribution in [0.3, 0.4) is 0 Å². The van der Waals surface area contributed by atoms with Crippen LogP contribution in [0.4, 0.5) is 14.5 Å². The zero-order valence-electron chi connectivity index (χ0n) is 15.1. The van der Waals surface area contributed by atoms with Gasteiger partial charge in [-0.3, -0.25) is 4.79 Å². The Labute approximate surface area is 169 Å². The topological polar surface area (TPSA) is 72.5 Å². The lowest BCUT2D eigenvalue weighted by Crippen LogP contribution is -2.24. The average molecular weight is 435 g/mol. The fourth-order valence-electron chi connectivity index (χ4n) is 3.32. The zero-order valence-corrected chi connectivity index (χ0v) is 16.7. The molecule has 1 aliphatic heterocycles. The molecule has 1 aromatic heterocycles. The molecule has 2 aromatic carbocycles. The van der Waals surface area contributed by atoms with Gasteiger partial charge in [0.25, 0.3) is 0 Å². The van der Waals surface area contributed by atoms with Crippen molar-refractivity contribution in [3.05, 3.63) is 69.9 Å². The van der Waals surface area contributed by atoms with Gasteiger partial charge in [0.15, 0.2) is 11.6 Å². The number of carbonyl (C=O) groups is 1. The van der Waals surface area contributed by atoms with Gasteiger partial charge in [-0.05, 0) is 35.9 Å². The lowest BCUT2D eigenvalue weighted by molar-refractivity contribution is -0.116. The molecule has 5 nitrogen and oxygen atoms in total. The minimum absolute atomic E-state index is 0.0244. The smallest absolute Gasteiger partial charge is 0.225 e. The summed E-state index contributed by atoms with van der Waals surface area (Å²) in [5, 5.41) is 4.01. The number of halogens is 2. The van der Waals surface area contributed by atoms with Crippen molar-refractivity contribution in [3.8, 4) is 5.75 Å². The summed E-state index contributed by atoms with van der Waals surface area (Å²) in [5.41, 5.74) is 0.145. The lowest BCUT2D eigenvalue weighted by atomic mass is 9.90. The molecular formula is C20H15F2NO4S2. The van der Waals surface area contributed by atoms with E-state index in [0.29, 0.717) is 10.6 Å². The number of rotatable bonds is 4. The van der Waals surface area contributed by atoms with Crippen molar-refractivity contribution in [1.29, 1.82) is 0 Å². The van der Waals surface area contributed by atoms with E-state index in [9.17, 15) is 22.0 Å². The van der Waals surface area contributed by atoms with Gasteiger partial charge in [0.1, 0.15) is 10.6 Å². The number of ether oxygens (including phenoxy) is 1. The number of carbonyl (C=O) groups excluding carboxylic acids is 1. The van der Waals surface area contributed by atoms with E-state index in [1.807, 2.05) is 0 Å². The summed E-state index contributed by atoms with van der Waals surface area (Å²) >= 11 is 1.09. The number of anilines is 1. The SMILES string of the molecule is COc1ccc(S(=O)(=O)c2csc3c2NC(=O)CC3c2cccc(F)c2F)cc1. The Hall–Kier alpha value is -2.78. The maximum atomic E-state index is 14.4. The summed E-state index contributed by atoms with van der Waals surface area (Å²) in [4.78, 5) is 12.7. The Morgan fingerprint density at radius 3 is 2.55 bits per heavy atom. The van der Waals surface area contributed by atoms with Crippen molar-refractivity contribution in [2.24, 2.45) is 0 Å². The molecular weight excluding hydrogens is 420 g/mol. The van der Waals surface area contributed by atoms with Gasteiger partial charge in [-0.25, -0.2) is 17.2 Å². The van der Waals surface area contributed by atoms with Gasteiger partial charge in [-0.1, -0.05) is 12.1 Å². The maximum absolute atomic E-state index is 14.4. The molecule has 29 heavy (non-hydrogen) atoms. The van der Waals surface area contributed by atoms with Crippen molar-refractivity contribution in [2.75, 3.05) is 12.4 Å². The minimum Gasteiger partial charge on any atom is -0.497 e. The highest BCUT2D eigenvalue weighted by Gasteiger charge is 2.35. The fourth-order valence-corrected chi connectivity index (χ4v) is 6.22. The monoisotopic (exact) mass is 435 g/mol. The largest absolute Gasteiger partial charge is 0.497 e. The van der Waals surface area contributed by atoms with Crippen LogP contribution in [0.15, 0.2) is 57.6 Å². The first-order valence-corrected chi connectivity index (χ1v) is 10.9. The molecule has 3 aromatic rings. The van der Waals surface area contributed by atoms with Crippen molar-refractivity contribution in [1.82, 2.24) is 0 Å². The summed E-state index contributed by atoms with van der Waals surface area (Å²) in [7, 11) is -2.46. The Balaban J connectivity index is 1.82. The van der Waals surface area contributed by atoms with Gasteiger partial charge in [0.2, 0.25) is 15.7 Å². The second-order valence-corrected chi connectivity index (χ2v) is 9.30. The van der Waals surface area contributed by atoms with E-state index in [0.717, 1.165) is 17.4 Å². The highest BCUT2D eigenvalue weighted by atomic mass is 32.2. The van der Waals surface area contributed by atoms with Crippen LogP contribution < -0.4 is 10.1 Å². The summed E-state index contributed by atoms with van der Waals surface area (Å²) in [5.74, 6) is -2.77. The number of nitrogens with one attached hydrogen (secondary N) is 1. The number of amides is 1. The molecule has 1 atom stereocenters. The molecule has 0 saturated carbocycles. The molecule has 150 valence electrons. The fraction of sp³-hybridized carbons (Fsp3) is 0.150. The number of fused-ring (bicyclic) bond motifs is 1. The number of thiophene rings is 1. The molecule has 1 unspecified atom stereocenters. The average Bonchev–Trinajstić information content (AvgIpc) is 3.14. The normalized spacial score (nSPS) is 16.2. The Morgan fingerprint density at radius 2 is 1.86 bits per heavy atom. The highest BCUT2D eigenvalue weighted by molar-refractivity contribution is 7.91. The molecule has 0 saturated heterocycles. The molecule has 4 rings (SSSR count). The van der Waals surface area contributed by atoms with Crippen LogP contribution in [0.2, 0.25) is 0 Å². The molecule has 2 heterocycles. The summed E-state index contributed by atoms with van der Waals surface area (Å²) in [6, 6.07) is 9.63. The van der Waals surface area contributed by atoms with Crippen LogP contribution in [0.1, 0.15) is 22.8 Å². The van der Waals surface area contributed by atoms with E-state index >= 15 is 0 Å². The quantitative estimate of drug-likeness (QED) is 0.662.